The van der Waals surface area contributed by atoms with Crippen LogP contribution in [0, 0.1) is 0 Å². The van der Waals surface area contributed by atoms with Gasteiger partial charge in [0.05, 0.1) is 5.54 Å². The van der Waals surface area contributed by atoms with Gasteiger partial charge in [-0.15, -0.1) is 0 Å². The predicted octanol–water partition coefficient (Wildman–Crippen LogP) is -0.627. The minimum Gasteiger partial charge on any atom is -0.447 e. The Labute approximate surface area is 69.6 Å². The van der Waals surface area contributed by atoms with Crippen molar-refractivity contribution < 1.29 is 22.5 Å². The molecule has 0 saturated carbocycles. The number of ether oxygens (including phenoxy) is 1. The Morgan fingerprint density at radius 1 is 1.75 bits per heavy atom. The highest BCUT2D eigenvalue weighted by atomic mass is 32.2. The lowest BCUT2D eigenvalue weighted by atomic mass is 10.1. The van der Waals surface area contributed by atoms with Crippen molar-refractivity contribution in [2.75, 3.05) is 12.4 Å². The van der Waals surface area contributed by atoms with E-state index in [0.29, 0.717) is 0 Å². The van der Waals surface area contributed by atoms with E-state index in [9.17, 15) is 13.2 Å². The molecule has 0 aromatic carbocycles. The summed E-state index contributed by atoms with van der Waals surface area (Å²) >= 11 is 0. The van der Waals surface area contributed by atoms with E-state index in [1.54, 1.807) is 0 Å². The van der Waals surface area contributed by atoms with Crippen molar-refractivity contribution in [1.29, 1.82) is 0 Å². The zero-order valence-electron chi connectivity index (χ0n) is 6.40. The summed E-state index contributed by atoms with van der Waals surface area (Å²) in [5.74, 6) is -0.536. The van der Waals surface area contributed by atoms with Crippen molar-refractivity contribution in [2.45, 2.75) is 12.5 Å². The van der Waals surface area contributed by atoms with Crippen LogP contribution in [-0.4, -0.2) is 37.0 Å². The van der Waals surface area contributed by atoms with E-state index in [2.05, 4.69) is 10.1 Å². The lowest BCUT2D eigenvalue weighted by Gasteiger charge is -2.17. The highest BCUT2D eigenvalue weighted by molar-refractivity contribution is 7.85. The molecule has 0 aromatic rings. The molecule has 0 aliphatic carbocycles. The zero-order valence-corrected chi connectivity index (χ0v) is 7.22. The maximum atomic E-state index is 10.5. The minimum atomic E-state index is -4.08. The molecule has 0 radical (unpaired) electrons. The molecule has 1 unspecified atom stereocenters. The molecule has 0 spiro atoms. The van der Waals surface area contributed by atoms with Gasteiger partial charge in [0.15, 0.2) is 0 Å². The van der Waals surface area contributed by atoms with Gasteiger partial charge < -0.3 is 10.1 Å². The third kappa shape index (κ3) is 2.35. The van der Waals surface area contributed by atoms with Gasteiger partial charge in [-0.05, 0) is 6.92 Å². The number of rotatable bonds is 2. The van der Waals surface area contributed by atoms with Gasteiger partial charge >= 0.3 is 6.09 Å². The first-order chi connectivity index (χ1) is 5.31. The van der Waals surface area contributed by atoms with E-state index in [0.717, 1.165) is 0 Å². The Hall–Kier alpha value is -0.820. The number of amides is 1. The molecule has 2 N–H and O–H groups in total. The third-order valence-corrected chi connectivity index (χ3v) is 2.43. The molecule has 6 nitrogen and oxygen atoms in total. The largest absolute Gasteiger partial charge is 0.447 e. The normalized spacial score (nSPS) is 29.7. The van der Waals surface area contributed by atoms with Crippen LogP contribution >= 0.6 is 0 Å². The van der Waals surface area contributed by atoms with E-state index in [1.807, 2.05) is 0 Å². The number of hydrogen-bond acceptors (Lipinski definition) is 4. The number of nitrogens with one attached hydrogen (secondary N) is 1. The van der Waals surface area contributed by atoms with Crippen molar-refractivity contribution in [3.63, 3.8) is 0 Å². The van der Waals surface area contributed by atoms with Crippen LogP contribution in [0.1, 0.15) is 6.92 Å². The molecule has 0 aromatic heterocycles. The fourth-order valence-corrected chi connectivity index (χ4v) is 1.98. The average Bonchev–Trinajstić information content (AvgIpc) is 2.05. The van der Waals surface area contributed by atoms with Gasteiger partial charge in [-0.1, -0.05) is 0 Å². The number of cyclic esters (lactones) is 1. The summed E-state index contributed by atoms with van der Waals surface area (Å²) in [5.41, 5.74) is -1.01. The topological polar surface area (TPSA) is 92.7 Å². The Balaban J connectivity index is 2.69. The SMILES string of the molecule is CC1(CS(=O)(=O)O)COC(=O)N1. The molecule has 0 bridgehead atoms. The van der Waals surface area contributed by atoms with Crippen molar-refractivity contribution in [2.24, 2.45) is 0 Å². The fourth-order valence-electron chi connectivity index (χ4n) is 1.02. The molecule has 1 atom stereocenters. The zero-order chi connectivity index (χ0) is 9.41. The quantitative estimate of drug-likeness (QED) is 0.572. The maximum Gasteiger partial charge on any atom is 0.407 e. The van der Waals surface area contributed by atoms with Crippen molar-refractivity contribution in [3.05, 3.63) is 0 Å². The van der Waals surface area contributed by atoms with E-state index in [1.165, 1.54) is 6.92 Å². The predicted molar refractivity (Wildman–Crippen MR) is 39.3 cm³/mol. The summed E-state index contributed by atoms with van der Waals surface area (Å²) in [6, 6.07) is 0. The van der Waals surface area contributed by atoms with E-state index in [-0.39, 0.29) is 6.61 Å². The summed E-state index contributed by atoms with van der Waals surface area (Å²) < 4.78 is 33.9. The first-order valence-corrected chi connectivity index (χ1v) is 4.82. The standard InChI is InChI=1S/C5H9NO5S/c1-5(3-12(8,9)10)2-11-4(7)6-5/h2-3H2,1H3,(H,6,7)(H,8,9,10). The number of carbonyl (C=O) groups excluding carboxylic acids is 1. The highest BCUT2D eigenvalue weighted by Gasteiger charge is 2.38. The van der Waals surface area contributed by atoms with E-state index < -0.39 is 27.5 Å². The Bertz CT molecular complexity index is 297. The molecule has 1 aliphatic rings. The van der Waals surface area contributed by atoms with Crippen LogP contribution < -0.4 is 5.32 Å². The summed E-state index contributed by atoms with van der Waals surface area (Å²) in [4.78, 5) is 10.5. The molecule has 1 amide bonds. The van der Waals surface area contributed by atoms with Crippen LogP contribution in [0.2, 0.25) is 0 Å². The van der Waals surface area contributed by atoms with Crippen LogP contribution in [0.3, 0.4) is 0 Å². The maximum absolute atomic E-state index is 10.5. The molecule has 7 heteroatoms. The molecule has 12 heavy (non-hydrogen) atoms. The van der Waals surface area contributed by atoms with Gasteiger partial charge in [0.1, 0.15) is 12.4 Å². The molecule has 1 heterocycles. The third-order valence-electron chi connectivity index (χ3n) is 1.43. The molecular formula is C5H9NO5S. The average molecular weight is 195 g/mol. The lowest BCUT2D eigenvalue weighted by Crippen LogP contribution is -2.46. The number of alkyl carbamates (subject to hydrolysis) is 1. The first-order valence-electron chi connectivity index (χ1n) is 3.21. The second kappa shape index (κ2) is 2.60. The molecule has 1 fully saturated rings. The van der Waals surface area contributed by atoms with Gasteiger partial charge in [0.25, 0.3) is 10.1 Å². The fraction of sp³-hybridized carbons (Fsp3) is 0.800. The van der Waals surface area contributed by atoms with E-state index >= 15 is 0 Å². The Kier molecular flexibility index (Phi) is 2.01. The van der Waals surface area contributed by atoms with Crippen molar-refractivity contribution >= 4 is 16.2 Å². The molecule has 1 saturated heterocycles. The summed E-state index contributed by atoms with van der Waals surface area (Å²) in [6.07, 6.45) is -0.666. The smallest absolute Gasteiger partial charge is 0.407 e. The molecular weight excluding hydrogens is 186 g/mol. The molecule has 1 aliphatic heterocycles. The van der Waals surface area contributed by atoms with Gasteiger partial charge in [-0.3, -0.25) is 4.55 Å². The molecule has 1 rings (SSSR count). The molecule has 70 valence electrons. The van der Waals surface area contributed by atoms with Gasteiger partial charge in [-0.2, -0.15) is 8.42 Å². The van der Waals surface area contributed by atoms with E-state index in [4.69, 9.17) is 4.55 Å². The first kappa shape index (κ1) is 9.27. The van der Waals surface area contributed by atoms with Crippen LogP contribution in [0.5, 0.6) is 0 Å². The summed E-state index contributed by atoms with van der Waals surface area (Å²) in [6.45, 7) is 1.43. The Morgan fingerprint density at radius 3 is 2.67 bits per heavy atom. The number of carbonyl (C=O) groups is 1. The Morgan fingerprint density at radius 2 is 2.33 bits per heavy atom. The van der Waals surface area contributed by atoms with Gasteiger partial charge in [0.2, 0.25) is 0 Å². The van der Waals surface area contributed by atoms with Crippen LogP contribution in [0.25, 0.3) is 0 Å². The van der Waals surface area contributed by atoms with Crippen LogP contribution in [0.15, 0.2) is 0 Å². The minimum absolute atomic E-state index is 0.0500. The second-order valence-electron chi connectivity index (χ2n) is 2.99. The highest BCUT2D eigenvalue weighted by Crippen LogP contribution is 2.13. The second-order valence-corrected chi connectivity index (χ2v) is 4.44. The summed E-state index contributed by atoms with van der Waals surface area (Å²) in [5, 5.41) is 2.29. The lowest BCUT2D eigenvalue weighted by molar-refractivity contribution is 0.174. The van der Waals surface area contributed by atoms with Crippen LogP contribution in [-0.2, 0) is 14.9 Å². The number of hydrogen-bond donors (Lipinski definition) is 2. The van der Waals surface area contributed by atoms with Gasteiger partial charge in [-0.25, -0.2) is 4.79 Å². The monoisotopic (exact) mass is 195 g/mol. The van der Waals surface area contributed by atoms with Gasteiger partial charge in [0, 0.05) is 0 Å². The van der Waals surface area contributed by atoms with Crippen LogP contribution in [0.4, 0.5) is 4.79 Å². The van der Waals surface area contributed by atoms with Crippen molar-refractivity contribution in [1.82, 2.24) is 5.32 Å². The van der Waals surface area contributed by atoms with Crippen molar-refractivity contribution in [3.8, 4) is 0 Å². The summed E-state index contributed by atoms with van der Waals surface area (Å²) in [7, 11) is -4.08.